The summed E-state index contributed by atoms with van der Waals surface area (Å²) in [5.41, 5.74) is 11.5. The predicted molar refractivity (Wildman–Crippen MR) is 59.9 cm³/mol. The average Bonchev–Trinajstić information content (AvgIpc) is 2.17. The topological polar surface area (TPSA) is 104 Å². The lowest BCUT2D eigenvalue weighted by Crippen LogP contribution is -2.13. The summed E-state index contributed by atoms with van der Waals surface area (Å²) in [7, 11) is 1.25. The zero-order valence-corrected chi connectivity index (χ0v) is 9.61. The molecule has 0 aliphatic heterocycles. The van der Waals surface area contributed by atoms with Gasteiger partial charge in [0.2, 0.25) is 0 Å². The fourth-order valence-electron chi connectivity index (χ4n) is 0.842. The third-order valence-electron chi connectivity index (χ3n) is 1.53. The van der Waals surface area contributed by atoms with Crippen LogP contribution in [0.4, 0.5) is 11.6 Å². The van der Waals surface area contributed by atoms with E-state index in [2.05, 4.69) is 37.3 Å². The van der Waals surface area contributed by atoms with Crippen LogP contribution in [0.5, 0.6) is 0 Å². The number of carbonyl (C=O) groups excluding carboxylic acids is 1. The van der Waals surface area contributed by atoms with E-state index in [1.165, 1.54) is 7.11 Å². The first-order valence-electron chi connectivity index (χ1n) is 3.66. The molecular weight excluding hydrogens is 299 g/mol. The van der Waals surface area contributed by atoms with Gasteiger partial charge in [-0.2, -0.15) is 0 Å². The summed E-state index contributed by atoms with van der Waals surface area (Å²) < 4.78 is 5.05. The number of nitrogens with zero attached hydrogens (tertiary/aromatic N) is 2. The first-order valence-corrected chi connectivity index (χ1v) is 5.18. The van der Waals surface area contributed by atoms with Gasteiger partial charge in [-0.05, 0) is 0 Å². The van der Waals surface area contributed by atoms with Gasteiger partial charge in [0.15, 0.2) is 11.5 Å². The molecule has 0 saturated heterocycles. The number of carbonyl (C=O) groups is 1. The number of aromatic nitrogens is 2. The number of esters is 1. The summed E-state index contributed by atoms with van der Waals surface area (Å²) in [6.07, 6.45) is 0. The van der Waals surface area contributed by atoms with Crippen molar-refractivity contribution in [2.45, 2.75) is 4.43 Å². The molecule has 4 N–H and O–H groups in total. The molecular formula is C7H9IN4O2. The minimum atomic E-state index is -0.610. The van der Waals surface area contributed by atoms with Crippen LogP contribution >= 0.6 is 22.6 Å². The van der Waals surface area contributed by atoms with Crippen molar-refractivity contribution in [3.63, 3.8) is 0 Å². The number of nitrogen functional groups attached to an aromatic ring is 2. The monoisotopic (exact) mass is 308 g/mol. The number of anilines is 2. The molecule has 0 unspecified atom stereocenters. The van der Waals surface area contributed by atoms with Crippen LogP contribution in [0.2, 0.25) is 0 Å². The van der Waals surface area contributed by atoms with E-state index in [4.69, 9.17) is 11.5 Å². The lowest BCUT2D eigenvalue weighted by atomic mass is 10.3. The molecule has 76 valence electrons. The molecule has 14 heavy (non-hydrogen) atoms. The largest absolute Gasteiger partial charge is 0.464 e. The molecule has 1 rings (SSSR count). The number of hydrogen-bond donors (Lipinski definition) is 2. The summed E-state index contributed by atoms with van der Waals surface area (Å²) in [4.78, 5) is 18.9. The van der Waals surface area contributed by atoms with Crippen LogP contribution < -0.4 is 11.5 Å². The van der Waals surface area contributed by atoms with Gasteiger partial charge in [0, 0.05) is 4.43 Å². The van der Waals surface area contributed by atoms with Crippen molar-refractivity contribution >= 4 is 40.2 Å². The molecule has 0 aliphatic rings. The molecule has 0 radical (unpaired) electrons. The van der Waals surface area contributed by atoms with Gasteiger partial charge in [-0.15, -0.1) is 0 Å². The van der Waals surface area contributed by atoms with Gasteiger partial charge >= 0.3 is 5.97 Å². The van der Waals surface area contributed by atoms with E-state index < -0.39 is 5.97 Å². The third kappa shape index (κ3) is 2.03. The normalized spacial score (nSPS) is 9.86. The lowest BCUT2D eigenvalue weighted by Gasteiger charge is -2.05. The lowest BCUT2D eigenvalue weighted by molar-refractivity contribution is 0.0595. The van der Waals surface area contributed by atoms with Gasteiger partial charge in [-0.3, -0.25) is 0 Å². The number of hydrogen-bond acceptors (Lipinski definition) is 6. The molecule has 0 amide bonds. The van der Waals surface area contributed by atoms with E-state index >= 15 is 0 Å². The molecule has 1 aromatic heterocycles. The van der Waals surface area contributed by atoms with Crippen molar-refractivity contribution in [1.29, 1.82) is 0 Å². The summed E-state index contributed by atoms with van der Waals surface area (Å²) in [6, 6.07) is 0. The Morgan fingerprint density at radius 3 is 2.57 bits per heavy atom. The van der Waals surface area contributed by atoms with Gasteiger partial charge in [-0.1, -0.05) is 22.6 Å². The maximum Gasteiger partial charge on any atom is 0.360 e. The number of ether oxygens (including phenoxy) is 1. The molecule has 0 fully saturated rings. The van der Waals surface area contributed by atoms with Crippen LogP contribution in [0.15, 0.2) is 0 Å². The maximum atomic E-state index is 11.2. The van der Waals surface area contributed by atoms with Gasteiger partial charge in [0.05, 0.1) is 12.8 Å². The molecule has 0 saturated carbocycles. The highest BCUT2D eigenvalue weighted by Crippen LogP contribution is 2.15. The predicted octanol–water partition coefficient (Wildman–Crippen LogP) is 0.363. The highest BCUT2D eigenvalue weighted by molar-refractivity contribution is 14.1. The van der Waals surface area contributed by atoms with Crippen LogP contribution in [-0.4, -0.2) is 23.0 Å². The fourth-order valence-corrected chi connectivity index (χ4v) is 1.40. The van der Waals surface area contributed by atoms with E-state index in [1.54, 1.807) is 0 Å². The number of rotatable bonds is 2. The highest BCUT2D eigenvalue weighted by atomic mass is 127. The number of nitrogens with two attached hydrogens (primary N) is 2. The minimum absolute atomic E-state index is 0.00775. The van der Waals surface area contributed by atoms with Crippen molar-refractivity contribution in [3.8, 4) is 0 Å². The Bertz CT molecular complexity index is 369. The fraction of sp³-hybridized carbons (Fsp3) is 0.286. The molecule has 0 bridgehead atoms. The van der Waals surface area contributed by atoms with E-state index in [-0.39, 0.29) is 17.3 Å². The number of alkyl halides is 1. The van der Waals surface area contributed by atoms with Crippen molar-refractivity contribution in [2.24, 2.45) is 0 Å². The Labute approximate surface area is 94.2 Å². The number of halogens is 1. The zero-order valence-electron chi connectivity index (χ0n) is 7.45. The quantitative estimate of drug-likeness (QED) is 0.464. The molecule has 1 heterocycles. The van der Waals surface area contributed by atoms with Crippen LogP contribution in [0.1, 0.15) is 16.2 Å². The first-order chi connectivity index (χ1) is 6.60. The van der Waals surface area contributed by atoms with Crippen molar-refractivity contribution in [2.75, 3.05) is 18.6 Å². The third-order valence-corrected chi connectivity index (χ3v) is 2.25. The summed E-state index contributed by atoms with van der Waals surface area (Å²) >= 11 is 2.07. The van der Waals surface area contributed by atoms with Gasteiger partial charge in [0.1, 0.15) is 5.82 Å². The molecule has 7 heteroatoms. The second-order valence-corrected chi connectivity index (χ2v) is 3.18. The van der Waals surface area contributed by atoms with Gasteiger partial charge < -0.3 is 16.2 Å². The first kappa shape index (κ1) is 11.0. The van der Waals surface area contributed by atoms with Gasteiger partial charge in [-0.25, -0.2) is 14.8 Å². The molecule has 1 aromatic rings. The maximum absolute atomic E-state index is 11.2. The minimum Gasteiger partial charge on any atom is -0.464 e. The van der Waals surface area contributed by atoms with Crippen molar-refractivity contribution in [1.82, 2.24) is 9.97 Å². The highest BCUT2D eigenvalue weighted by Gasteiger charge is 2.16. The molecule has 0 aliphatic carbocycles. The van der Waals surface area contributed by atoms with E-state index in [0.717, 1.165) is 0 Å². The van der Waals surface area contributed by atoms with Crippen LogP contribution in [0.25, 0.3) is 0 Å². The summed E-state index contributed by atoms with van der Waals surface area (Å²) in [5, 5.41) is 0. The van der Waals surface area contributed by atoms with E-state index in [0.29, 0.717) is 10.1 Å². The average molecular weight is 308 g/mol. The van der Waals surface area contributed by atoms with Crippen molar-refractivity contribution < 1.29 is 9.53 Å². The second kappa shape index (κ2) is 4.40. The standard InChI is InChI=1S/C7H9IN4O2/c1-14-7(13)4-6(10)12-5(9)3(2-8)11-4/h2H2,1H3,(H4,9,10,12). The second-order valence-electron chi connectivity index (χ2n) is 2.41. The Morgan fingerprint density at radius 1 is 1.43 bits per heavy atom. The molecule has 6 nitrogen and oxygen atoms in total. The SMILES string of the molecule is COC(=O)c1nc(CI)c(N)nc1N. The Balaban J connectivity index is 3.24. The Kier molecular flexibility index (Phi) is 3.44. The van der Waals surface area contributed by atoms with Gasteiger partial charge in [0.25, 0.3) is 0 Å². The van der Waals surface area contributed by atoms with E-state index in [1.807, 2.05) is 0 Å². The number of methoxy groups -OCH3 is 1. The summed E-state index contributed by atoms with van der Waals surface area (Å²) in [5.74, 6) is -0.381. The summed E-state index contributed by atoms with van der Waals surface area (Å²) in [6.45, 7) is 0. The van der Waals surface area contributed by atoms with Crippen LogP contribution in [-0.2, 0) is 9.16 Å². The van der Waals surface area contributed by atoms with Crippen LogP contribution in [0, 0.1) is 0 Å². The zero-order chi connectivity index (χ0) is 10.7. The Morgan fingerprint density at radius 2 is 2.07 bits per heavy atom. The molecule has 0 spiro atoms. The Hall–Kier alpha value is -1.12. The van der Waals surface area contributed by atoms with Crippen LogP contribution in [0.3, 0.4) is 0 Å². The van der Waals surface area contributed by atoms with E-state index in [9.17, 15) is 4.79 Å². The molecule has 0 aromatic carbocycles. The molecule has 0 atom stereocenters. The van der Waals surface area contributed by atoms with Crippen molar-refractivity contribution in [3.05, 3.63) is 11.4 Å². The smallest absolute Gasteiger partial charge is 0.360 e.